The number of anilines is 1. The zero-order valence-corrected chi connectivity index (χ0v) is 17.3. The second-order valence-electron chi connectivity index (χ2n) is 6.89. The fourth-order valence-corrected chi connectivity index (χ4v) is 3.15. The molecule has 0 spiro atoms. The highest BCUT2D eigenvalue weighted by molar-refractivity contribution is 5.93. The molecule has 1 amide bonds. The molecule has 6 nitrogen and oxygen atoms in total. The Hall–Kier alpha value is -3.09. The highest BCUT2D eigenvalue weighted by Gasteiger charge is 2.21. The first-order valence-corrected chi connectivity index (χ1v) is 9.92. The third-order valence-electron chi connectivity index (χ3n) is 4.60. The number of carbonyl (C=O) groups excluding carboxylic acids is 1. The van der Waals surface area contributed by atoms with Crippen LogP contribution in [0.25, 0.3) is 10.8 Å². The van der Waals surface area contributed by atoms with E-state index in [-0.39, 0.29) is 19.8 Å². The topological polar surface area (TPSA) is 68.2 Å². The number of aliphatic hydroxyl groups excluding tert-OH is 1. The van der Waals surface area contributed by atoms with Crippen molar-refractivity contribution < 1.29 is 24.1 Å². The van der Waals surface area contributed by atoms with E-state index in [1.807, 2.05) is 66.7 Å². The number of nitrogens with zero attached hydrogens (tertiary/aromatic N) is 1. The van der Waals surface area contributed by atoms with Crippen LogP contribution in [0.5, 0.6) is 5.75 Å². The standard InChI is InChI=1S/C24H27NO5/c1-3-29-24(27)25(15-22(26)17-28-2)21-11-9-20-14-23(12-10-19(20)13-21)30-16-18-7-5-4-6-8-18/h4-14,22,26H,3,15-17H2,1-2H3. The van der Waals surface area contributed by atoms with Crippen LogP contribution >= 0.6 is 0 Å². The maximum Gasteiger partial charge on any atom is 0.414 e. The van der Waals surface area contributed by atoms with Gasteiger partial charge in [0.05, 0.1) is 25.9 Å². The van der Waals surface area contributed by atoms with Gasteiger partial charge in [0.1, 0.15) is 12.4 Å². The molecular formula is C24H27NO5. The Labute approximate surface area is 176 Å². The summed E-state index contributed by atoms with van der Waals surface area (Å²) in [6.45, 7) is 2.71. The Morgan fingerprint density at radius 1 is 1.03 bits per heavy atom. The van der Waals surface area contributed by atoms with Crippen LogP contribution in [0.15, 0.2) is 66.7 Å². The number of fused-ring (bicyclic) bond motifs is 1. The quantitative estimate of drug-likeness (QED) is 0.568. The number of carbonyl (C=O) groups is 1. The van der Waals surface area contributed by atoms with Gasteiger partial charge < -0.3 is 19.3 Å². The largest absolute Gasteiger partial charge is 0.489 e. The lowest BCUT2D eigenvalue weighted by Crippen LogP contribution is -2.39. The lowest BCUT2D eigenvalue weighted by atomic mass is 10.1. The normalized spacial score (nSPS) is 11.8. The molecule has 158 valence electrons. The van der Waals surface area contributed by atoms with Gasteiger partial charge in [-0.15, -0.1) is 0 Å². The molecule has 1 unspecified atom stereocenters. The molecule has 30 heavy (non-hydrogen) atoms. The maximum absolute atomic E-state index is 12.4. The van der Waals surface area contributed by atoms with Gasteiger partial charge in [0.15, 0.2) is 0 Å². The molecule has 0 bridgehead atoms. The van der Waals surface area contributed by atoms with Gasteiger partial charge in [0, 0.05) is 12.8 Å². The fourth-order valence-electron chi connectivity index (χ4n) is 3.15. The first-order valence-electron chi connectivity index (χ1n) is 9.92. The summed E-state index contributed by atoms with van der Waals surface area (Å²) in [6.07, 6.45) is -1.32. The first-order chi connectivity index (χ1) is 14.6. The Morgan fingerprint density at radius 2 is 1.77 bits per heavy atom. The smallest absolute Gasteiger partial charge is 0.414 e. The number of benzene rings is 3. The van der Waals surface area contributed by atoms with Crippen LogP contribution in [0.1, 0.15) is 12.5 Å². The van der Waals surface area contributed by atoms with Crippen molar-refractivity contribution in [2.24, 2.45) is 0 Å². The highest BCUT2D eigenvalue weighted by atomic mass is 16.6. The second kappa shape index (κ2) is 10.6. The van der Waals surface area contributed by atoms with Gasteiger partial charge in [0.2, 0.25) is 0 Å². The molecule has 0 aliphatic carbocycles. The van der Waals surface area contributed by atoms with Crippen LogP contribution in [-0.4, -0.2) is 44.2 Å². The average Bonchev–Trinajstić information content (AvgIpc) is 2.76. The van der Waals surface area contributed by atoms with E-state index in [2.05, 4.69) is 0 Å². The molecule has 0 saturated carbocycles. The number of amides is 1. The number of rotatable bonds is 9. The molecule has 3 aromatic rings. The third kappa shape index (κ3) is 5.72. The van der Waals surface area contributed by atoms with Crippen LogP contribution in [0.2, 0.25) is 0 Å². The Balaban J connectivity index is 1.79. The number of methoxy groups -OCH3 is 1. The van der Waals surface area contributed by atoms with Gasteiger partial charge >= 0.3 is 6.09 Å². The van der Waals surface area contributed by atoms with Gasteiger partial charge in [-0.25, -0.2) is 4.79 Å². The zero-order chi connectivity index (χ0) is 21.3. The Kier molecular flexibility index (Phi) is 7.65. The Morgan fingerprint density at radius 3 is 2.50 bits per heavy atom. The number of aliphatic hydroxyl groups is 1. The summed E-state index contributed by atoms with van der Waals surface area (Å²) >= 11 is 0. The molecule has 0 fully saturated rings. The molecule has 1 N–H and O–H groups in total. The summed E-state index contributed by atoms with van der Waals surface area (Å²) in [6, 6.07) is 21.5. The Bertz CT molecular complexity index is 960. The highest BCUT2D eigenvalue weighted by Crippen LogP contribution is 2.27. The molecule has 0 saturated heterocycles. The summed E-state index contributed by atoms with van der Waals surface area (Å²) < 4.78 is 16.0. The van der Waals surface area contributed by atoms with Crippen molar-refractivity contribution in [1.82, 2.24) is 0 Å². The summed E-state index contributed by atoms with van der Waals surface area (Å²) in [4.78, 5) is 13.8. The van der Waals surface area contributed by atoms with Gasteiger partial charge in [0.25, 0.3) is 0 Å². The lowest BCUT2D eigenvalue weighted by molar-refractivity contribution is 0.0673. The SMILES string of the molecule is CCOC(=O)N(CC(O)COC)c1ccc2cc(OCc3ccccc3)ccc2c1. The second-order valence-corrected chi connectivity index (χ2v) is 6.89. The first kappa shape index (κ1) is 21.6. The van der Waals surface area contributed by atoms with Crippen molar-refractivity contribution in [1.29, 1.82) is 0 Å². The van der Waals surface area contributed by atoms with Crippen LogP contribution in [-0.2, 0) is 16.1 Å². The fraction of sp³-hybridized carbons (Fsp3) is 0.292. The minimum Gasteiger partial charge on any atom is -0.489 e. The zero-order valence-electron chi connectivity index (χ0n) is 17.3. The van der Waals surface area contributed by atoms with Crippen molar-refractivity contribution in [2.75, 3.05) is 31.8 Å². The predicted octanol–water partition coefficient (Wildman–Crippen LogP) is 4.39. The maximum atomic E-state index is 12.4. The molecule has 0 aromatic heterocycles. The van der Waals surface area contributed by atoms with Crippen molar-refractivity contribution in [3.63, 3.8) is 0 Å². The minimum atomic E-state index is -0.816. The van der Waals surface area contributed by atoms with E-state index >= 15 is 0 Å². The summed E-state index contributed by atoms with van der Waals surface area (Å²) in [5.74, 6) is 0.775. The van der Waals surface area contributed by atoms with Gasteiger partial charge in [-0.3, -0.25) is 4.90 Å². The van der Waals surface area contributed by atoms with Gasteiger partial charge in [-0.05, 0) is 47.5 Å². The van der Waals surface area contributed by atoms with Crippen molar-refractivity contribution in [2.45, 2.75) is 19.6 Å². The molecule has 0 radical (unpaired) electrons. The van der Waals surface area contributed by atoms with Crippen LogP contribution in [0, 0.1) is 0 Å². The number of hydrogen-bond acceptors (Lipinski definition) is 5. The van der Waals surface area contributed by atoms with E-state index in [4.69, 9.17) is 14.2 Å². The van der Waals surface area contributed by atoms with Crippen molar-refractivity contribution in [3.05, 3.63) is 72.3 Å². The van der Waals surface area contributed by atoms with Crippen LogP contribution < -0.4 is 9.64 Å². The minimum absolute atomic E-state index is 0.0798. The van der Waals surface area contributed by atoms with E-state index in [0.717, 1.165) is 22.1 Å². The lowest BCUT2D eigenvalue weighted by Gasteiger charge is -2.24. The summed E-state index contributed by atoms with van der Waals surface area (Å²) in [7, 11) is 1.51. The van der Waals surface area contributed by atoms with E-state index in [0.29, 0.717) is 12.3 Å². The third-order valence-corrected chi connectivity index (χ3v) is 4.60. The molecule has 0 heterocycles. The molecular weight excluding hydrogens is 382 g/mol. The summed E-state index contributed by atoms with van der Waals surface area (Å²) in [5.41, 5.74) is 1.75. The number of hydrogen-bond donors (Lipinski definition) is 1. The van der Waals surface area contributed by atoms with E-state index < -0.39 is 12.2 Å². The van der Waals surface area contributed by atoms with Crippen LogP contribution in [0.4, 0.5) is 10.5 Å². The van der Waals surface area contributed by atoms with Crippen molar-refractivity contribution in [3.8, 4) is 5.75 Å². The van der Waals surface area contributed by atoms with Gasteiger partial charge in [-0.2, -0.15) is 0 Å². The molecule has 3 rings (SSSR count). The molecule has 3 aromatic carbocycles. The van der Waals surface area contributed by atoms with Crippen molar-refractivity contribution >= 4 is 22.6 Å². The molecule has 0 aliphatic rings. The van der Waals surface area contributed by atoms with E-state index in [9.17, 15) is 9.90 Å². The molecule has 1 atom stereocenters. The molecule has 6 heteroatoms. The molecule has 0 aliphatic heterocycles. The predicted molar refractivity (Wildman–Crippen MR) is 117 cm³/mol. The number of ether oxygens (including phenoxy) is 3. The van der Waals surface area contributed by atoms with E-state index in [1.54, 1.807) is 6.92 Å². The summed E-state index contributed by atoms with van der Waals surface area (Å²) in [5, 5.41) is 12.1. The van der Waals surface area contributed by atoms with E-state index in [1.165, 1.54) is 12.0 Å². The monoisotopic (exact) mass is 409 g/mol. The van der Waals surface area contributed by atoms with Crippen LogP contribution in [0.3, 0.4) is 0 Å². The van der Waals surface area contributed by atoms with Gasteiger partial charge in [-0.1, -0.05) is 42.5 Å². The average molecular weight is 409 g/mol.